The number of nitrogens with zero attached hydrogens (tertiary/aromatic N) is 16. The number of carbonyl (C=O) groups excluding carboxylic acids is 1. The van der Waals surface area contributed by atoms with E-state index in [1.807, 2.05) is 28.1 Å². The summed E-state index contributed by atoms with van der Waals surface area (Å²) in [6, 6.07) is 0.0697. The van der Waals surface area contributed by atoms with Crippen LogP contribution in [-0.4, -0.2) is 72.5 Å². The fourth-order valence-corrected chi connectivity index (χ4v) is 4.15. The molecule has 4 rings (SSSR count). The topological polar surface area (TPSA) is 237 Å². The molecule has 1 unspecified atom stereocenters. The van der Waals surface area contributed by atoms with Gasteiger partial charge in [0.25, 0.3) is 0 Å². The van der Waals surface area contributed by atoms with E-state index in [1.54, 1.807) is 42.3 Å². The van der Waals surface area contributed by atoms with Gasteiger partial charge in [-0.15, -0.1) is 17.8 Å². The lowest BCUT2D eigenvalue weighted by molar-refractivity contribution is 0.137. The van der Waals surface area contributed by atoms with E-state index in [0.29, 0.717) is 11.9 Å². The third-order valence-electron chi connectivity index (χ3n) is 6.18. The Morgan fingerprint density at radius 3 is 1.96 bits per heavy atom. The van der Waals surface area contributed by atoms with Crippen molar-refractivity contribution in [3.8, 4) is 108 Å². The number of urea groups is 1. The van der Waals surface area contributed by atoms with Gasteiger partial charge in [-0.1, -0.05) is 0 Å². The first-order chi connectivity index (χ1) is 27.3. The fourth-order valence-electron chi connectivity index (χ4n) is 4.15. The first-order valence-corrected chi connectivity index (χ1v) is 15.5. The number of rotatable bonds is 8. The Kier molecular flexibility index (Phi) is 20.5. The lowest BCUT2D eigenvalue weighted by atomic mass is 9.98. The van der Waals surface area contributed by atoms with Crippen molar-refractivity contribution in [2.24, 2.45) is 54.8 Å². The Morgan fingerprint density at radius 1 is 0.875 bits per heavy atom. The number of aromatic nitrogens is 6. The van der Waals surface area contributed by atoms with E-state index < -0.39 is 0 Å². The van der Waals surface area contributed by atoms with Gasteiger partial charge in [-0.25, -0.2) is 14.5 Å². The van der Waals surface area contributed by atoms with Crippen LogP contribution in [0.25, 0.3) is 11.0 Å². The summed E-state index contributed by atoms with van der Waals surface area (Å²) in [6.45, 7) is 2.28. The van der Waals surface area contributed by atoms with Gasteiger partial charge in [0.1, 0.15) is 5.29 Å². The SMILES string of the molecule is C#CC#CC#CC#CC#CC#CC#CC#CC#C.CN(C)C(=O)N1CCCC(Cn2ncc3cnc(Nc4cnn(C)c4)nc32)C1.N=N/N=N/N=N/N=N/N=O.[HH].[HH].[HH].[HH].[HH].[HH].[HH].[HH].[HH].[HH].[HH]. The Labute approximate surface area is 338 Å². The van der Waals surface area contributed by atoms with Crippen LogP contribution in [-0.2, 0) is 13.6 Å². The number of fused-ring (bicyclic) bond motifs is 1. The Hall–Kier alpha value is -9.13. The molecular formula is C36H50N18O2. The first kappa shape index (κ1) is 43.0. The zero-order chi connectivity index (χ0) is 40.6. The standard InChI is InChI=1S/C18H25N9O.C18H2.HN9O.11H2/c1-24(2)18(28)26-6-4-5-13(10-26)11-27-16-14(8-21-27)7-19-17(23-16)22-15-9-20-25(3)12-15;1-3-5-7-9-11-13-15-17-18-16-14-12-10-8-6-4-2;1-2-3-4-5-6-7-8-9-10;;;;;;;;;;;/h7-9,12-13H,4-6,10-11H2,1-3H3,(H,19,22,23);1-2H;1H;11*1H/b;;2-1?,4-3+,6-5+,8-7+;;;;;;;;;;;. The van der Waals surface area contributed by atoms with Gasteiger partial charge in [-0.3, -0.25) is 4.68 Å². The second-order valence-electron chi connectivity index (χ2n) is 10.2. The molecule has 3 aromatic rings. The molecule has 20 heteroatoms. The van der Waals surface area contributed by atoms with Crippen molar-refractivity contribution in [1.82, 2.24) is 39.3 Å². The van der Waals surface area contributed by atoms with Gasteiger partial charge in [0, 0.05) is 84.5 Å². The molecule has 56 heavy (non-hydrogen) atoms. The fraction of sp³-hybridized carbons (Fsp3) is 0.250. The number of anilines is 2. The van der Waals surface area contributed by atoms with Gasteiger partial charge >= 0.3 is 6.03 Å². The number of hydrogen-bond acceptors (Lipinski definition) is 8. The number of hydrogen-bond donors (Lipinski definition) is 2. The summed E-state index contributed by atoms with van der Waals surface area (Å²) in [5.41, 5.74) is 7.68. The first-order valence-electron chi connectivity index (χ1n) is 15.5. The molecule has 0 saturated carbocycles. The van der Waals surface area contributed by atoms with E-state index in [-0.39, 0.29) is 21.7 Å². The predicted octanol–water partition coefficient (Wildman–Crippen LogP) is 6.48. The van der Waals surface area contributed by atoms with Gasteiger partial charge in [0.2, 0.25) is 5.95 Å². The molecule has 1 atom stereocenters. The highest BCUT2D eigenvalue weighted by Crippen LogP contribution is 2.22. The predicted molar refractivity (Wildman–Crippen MR) is 226 cm³/mol. The van der Waals surface area contributed by atoms with Crippen LogP contribution in [0.15, 0.2) is 66.6 Å². The van der Waals surface area contributed by atoms with Crippen LogP contribution in [0.3, 0.4) is 0 Å². The molecule has 0 aromatic carbocycles. The molecule has 0 aliphatic carbocycles. The largest absolute Gasteiger partial charge is 0.331 e. The number of terminal acetylenes is 2. The minimum atomic E-state index is 0. The van der Waals surface area contributed by atoms with Crippen molar-refractivity contribution in [3.63, 3.8) is 0 Å². The van der Waals surface area contributed by atoms with Gasteiger partial charge in [0.15, 0.2) is 5.65 Å². The molecule has 1 fully saturated rings. The normalized spacial score (nSPS) is 11.8. The molecule has 1 aliphatic rings. The van der Waals surface area contributed by atoms with Crippen molar-refractivity contribution >= 4 is 28.7 Å². The van der Waals surface area contributed by atoms with Crippen LogP contribution in [0.2, 0.25) is 0 Å². The second-order valence-corrected chi connectivity index (χ2v) is 10.2. The van der Waals surface area contributed by atoms with E-state index >= 15 is 0 Å². The summed E-state index contributed by atoms with van der Waals surface area (Å²) < 4.78 is 3.63. The van der Waals surface area contributed by atoms with Crippen LogP contribution >= 0.6 is 0 Å². The number of piperidine rings is 1. The van der Waals surface area contributed by atoms with Crippen LogP contribution in [0, 0.1) is 124 Å². The third kappa shape index (κ3) is 17.7. The molecule has 1 saturated heterocycles. The van der Waals surface area contributed by atoms with Crippen LogP contribution in [0.5, 0.6) is 0 Å². The molecule has 2 N–H and O–H groups in total. The second kappa shape index (κ2) is 26.6. The molecule has 3 aromatic heterocycles. The van der Waals surface area contributed by atoms with Crippen molar-refractivity contribution in [1.29, 1.82) is 5.53 Å². The van der Waals surface area contributed by atoms with Gasteiger partial charge < -0.3 is 15.1 Å². The molecule has 0 bridgehead atoms. The number of carbonyl (C=O) groups is 1. The van der Waals surface area contributed by atoms with Crippen LogP contribution in [0.4, 0.5) is 16.4 Å². The van der Waals surface area contributed by atoms with Gasteiger partial charge in [0.05, 0.1) is 23.5 Å². The average Bonchev–Trinajstić information content (AvgIpc) is 3.81. The van der Waals surface area contributed by atoms with Crippen molar-refractivity contribution in [3.05, 3.63) is 29.7 Å². The zero-order valence-electron chi connectivity index (χ0n) is 30.0. The zero-order valence-corrected chi connectivity index (χ0v) is 30.0. The summed E-state index contributed by atoms with van der Waals surface area (Å²) in [5.74, 6) is 39.1. The minimum Gasteiger partial charge on any atom is -0.331 e. The summed E-state index contributed by atoms with van der Waals surface area (Å²) >= 11 is 0. The molecule has 0 spiro atoms. The van der Waals surface area contributed by atoms with Crippen molar-refractivity contribution in [2.45, 2.75) is 19.4 Å². The van der Waals surface area contributed by atoms with E-state index in [2.05, 4.69) is 157 Å². The summed E-state index contributed by atoms with van der Waals surface area (Å²) in [4.78, 5) is 34.0. The van der Waals surface area contributed by atoms with E-state index in [9.17, 15) is 9.70 Å². The highest BCUT2D eigenvalue weighted by Gasteiger charge is 2.25. The van der Waals surface area contributed by atoms with Crippen molar-refractivity contribution < 1.29 is 20.5 Å². The Morgan fingerprint density at radius 2 is 1.45 bits per heavy atom. The van der Waals surface area contributed by atoms with Gasteiger partial charge in [-0.2, -0.15) is 20.7 Å². The van der Waals surface area contributed by atoms with E-state index in [1.165, 1.54) is 0 Å². The van der Waals surface area contributed by atoms with Crippen molar-refractivity contribution in [2.75, 3.05) is 32.5 Å². The number of nitroso groups, excluding NO2 is 1. The molecule has 1 aliphatic heterocycles. The maximum absolute atomic E-state index is 12.3. The summed E-state index contributed by atoms with van der Waals surface area (Å²) in [7, 11) is 5.44. The molecule has 4 heterocycles. The summed E-state index contributed by atoms with van der Waals surface area (Å²) in [6.07, 6.45) is 19.0. The number of aryl methyl sites for hydroxylation is 1. The highest BCUT2D eigenvalue weighted by molar-refractivity contribution is 5.75. The minimum absolute atomic E-state index is 0. The average molecular weight is 767 g/mol. The maximum atomic E-state index is 12.3. The van der Waals surface area contributed by atoms with Gasteiger partial charge in [-0.05, 0) is 134 Å². The molecule has 2 amide bonds. The molecule has 296 valence electrons. The van der Waals surface area contributed by atoms with Crippen LogP contribution in [0.1, 0.15) is 28.5 Å². The quantitative estimate of drug-likeness (QED) is 0.112. The highest BCUT2D eigenvalue weighted by atomic mass is 16.3. The lowest BCUT2D eigenvalue weighted by Crippen LogP contribution is -2.45. The third-order valence-corrected chi connectivity index (χ3v) is 6.18. The number of nitrogens with one attached hydrogen (secondary N) is 2. The molecule has 20 nitrogen and oxygen atoms in total. The molecule has 0 radical (unpaired) electrons. The smallest absolute Gasteiger partial charge is 0.319 e. The summed E-state index contributed by atoms with van der Waals surface area (Å²) in [5, 5.41) is 33.5. The molecular weight excluding hydrogens is 717 g/mol. The van der Waals surface area contributed by atoms with Crippen LogP contribution < -0.4 is 5.32 Å². The lowest BCUT2D eigenvalue weighted by Gasteiger charge is -2.34. The van der Waals surface area contributed by atoms with E-state index in [0.717, 1.165) is 49.2 Å². The number of likely N-dealkylation sites (tertiary alicyclic amines) is 1. The van der Waals surface area contributed by atoms with E-state index in [4.69, 9.17) is 18.4 Å². The Bertz CT molecular complexity index is 2440. The monoisotopic (exact) mass is 766 g/mol. The Balaban J connectivity index is -0.0000000926. The number of amides is 2. The maximum Gasteiger partial charge on any atom is 0.319 e.